The van der Waals surface area contributed by atoms with E-state index in [4.69, 9.17) is 72.2 Å². The summed E-state index contributed by atoms with van der Waals surface area (Å²) in [5.41, 5.74) is 0. The average Bonchev–Trinajstić information content (AvgIpc) is 0.944. The van der Waals surface area contributed by atoms with Gasteiger partial charge in [-0.15, -0.1) is 0 Å². The molecule has 3 unspecified atom stereocenters. The van der Waals surface area contributed by atoms with Crippen molar-refractivity contribution in [3.63, 3.8) is 0 Å². The fourth-order valence-electron chi connectivity index (χ4n) is 8.40. The van der Waals surface area contributed by atoms with Crippen molar-refractivity contribution in [2.45, 2.75) is 176 Å². The van der Waals surface area contributed by atoms with E-state index in [0.29, 0.717) is 183 Å². The highest BCUT2D eigenvalue weighted by Gasteiger charge is 2.20. The zero-order valence-corrected chi connectivity index (χ0v) is 76.5. The molecule has 46 heteroatoms. The molecule has 0 aromatic carbocycles. The number of amides is 2. The van der Waals surface area contributed by atoms with Crippen LogP contribution in [0.1, 0.15) is 158 Å². The molecule has 0 saturated carbocycles. The highest BCUT2D eigenvalue weighted by molar-refractivity contribution is 7.91. The smallest absolute Gasteiger partial charge is 0.320 e. The van der Waals surface area contributed by atoms with Crippen molar-refractivity contribution >= 4 is 117 Å². The number of ether oxygens (including phenoxy) is 12. The number of likely N-dealkylation sites (N-methyl/N-ethyl adjacent to an activating group) is 3. The molecule has 0 aliphatic heterocycles. The van der Waals surface area contributed by atoms with Gasteiger partial charge in [0.05, 0.1) is 110 Å². The van der Waals surface area contributed by atoms with Crippen LogP contribution in [0.15, 0.2) is 0 Å². The van der Waals surface area contributed by atoms with E-state index in [2.05, 4.69) is 36.0 Å². The third kappa shape index (κ3) is 104. The Morgan fingerprint density at radius 2 is 0.512 bits per heavy atom. The number of Topliss-reactive ketones (excluding diaryl/α,β-unsaturated/α-hetero) is 10. The van der Waals surface area contributed by atoms with Crippen LogP contribution in [-0.4, -0.2) is 376 Å². The topological polar surface area (TPSA) is 614 Å². The highest BCUT2D eigenvalue weighted by Crippen LogP contribution is 2.07. The molecule has 0 aliphatic carbocycles. The van der Waals surface area contributed by atoms with Crippen molar-refractivity contribution in [2.75, 3.05) is 230 Å². The molecule has 123 heavy (non-hydrogen) atoms. The van der Waals surface area contributed by atoms with Crippen LogP contribution in [0.5, 0.6) is 0 Å². The minimum atomic E-state index is -3.36. The number of sulfone groups is 1. The highest BCUT2D eigenvalue weighted by atomic mass is 32.2. The van der Waals surface area contributed by atoms with Gasteiger partial charge in [-0.2, -0.15) is 0 Å². The molecule has 0 aliphatic rings. The fourth-order valence-corrected chi connectivity index (χ4v) is 10.7. The van der Waals surface area contributed by atoms with Crippen LogP contribution >= 0.6 is 0 Å². The van der Waals surface area contributed by atoms with Crippen molar-refractivity contribution in [1.82, 2.24) is 36.0 Å². The van der Waals surface area contributed by atoms with Gasteiger partial charge in [0.15, 0.2) is 23.1 Å². The van der Waals surface area contributed by atoms with Gasteiger partial charge in [-0.3, -0.25) is 67.1 Å². The zero-order chi connectivity index (χ0) is 94.6. The molecule has 0 heterocycles. The van der Waals surface area contributed by atoms with E-state index in [9.17, 15) is 97.2 Å². The first-order chi connectivity index (χ1) is 58.0. The summed E-state index contributed by atoms with van der Waals surface area (Å²) in [4.78, 5) is 165. The van der Waals surface area contributed by atoms with E-state index in [0.717, 1.165) is 0 Å². The summed E-state index contributed by atoms with van der Waals surface area (Å²) in [7, 11) is -2.29. The Morgan fingerprint density at radius 3 is 0.740 bits per heavy atom. The number of carboxylic acid groups (broad SMARTS) is 3. The first-order valence-corrected chi connectivity index (χ1v) is 45.4. The minimum Gasteiger partial charge on any atom is -0.480 e. The molecule has 0 bridgehead atoms. The van der Waals surface area contributed by atoms with Crippen molar-refractivity contribution < 1.29 is 169 Å². The first kappa shape index (κ1) is 127. The van der Waals surface area contributed by atoms with Gasteiger partial charge < -0.3 is 104 Å². The molecule has 3 atom stereocenters. The number of ketones is 10. The molecule has 0 saturated heterocycles. The van der Waals surface area contributed by atoms with E-state index >= 15 is 0 Å². The normalized spacial score (nSPS) is 11.7. The van der Waals surface area contributed by atoms with Gasteiger partial charge >= 0.3 is 17.9 Å². The summed E-state index contributed by atoms with van der Waals surface area (Å²) in [6, 6.07) is -1.98. The number of nitrogens with one attached hydrogen (secondary N) is 7. The Hall–Kier alpha value is -6.78. The monoisotopic (exact) mass is 1840 g/mol. The Morgan fingerprint density at radius 1 is 0.276 bits per heavy atom. The second-order valence-corrected chi connectivity index (χ2v) is 33.2. The lowest BCUT2D eigenvalue weighted by molar-refractivity contribution is -0.140. The summed E-state index contributed by atoms with van der Waals surface area (Å²) >= 11 is 0. The van der Waals surface area contributed by atoms with Crippen molar-refractivity contribution in [2.24, 2.45) is 0 Å². The van der Waals surface area contributed by atoms with Crippen LogP contribution in [-0.2, 0) is 159 Å². The van der Waals surface area contributed by atoms with Gasteiger partial charge in [0.25, 0.3) is 0 Å². The lowest BCUT2D eigenvalue weighted by Crippen LogP contribution is -2.34. The molecular formula is C77H143N7O36S3. The summed E-state index contributed by atoms with van der Waals surface area (Å²) in [5.74, 6) is -3.99. The molecule has 0 aromatic heterocycles. The molecule has 0 rings (SSSR count). The molecule has 0 spiro atoms. The second-order valence-electron chi connectivity index (χ2n) is 26.7. The Kier molecular flexibility index (Phi) is 90.1. The maximum absolute atomic E-state index is 11.7. The maximum Gasteiger partial charge on any atom is 0.320 e. The van der Waals surface area contributed by atoms with E-state index in [1.165, 1.54) is 55.6 Å². The van der Waals surface area contributed by atoms with Crippen LogP contribution in [0.2, 0.25) is 0 Å². The summed E-state index contributed by atoms with van der Waals surface area (Å²) in [6.45, 7) is 17.2. The molecule has 0 fully saturated rings. The number of carboxylic acids is 3. The number of sulfonamides is 2. The van der Waals surface area contributed by atoms with Gasteiger partial charge in [0, 0.05) is 109 Å². The maximum atomic E-state index is 11.7. The predicted octanol–water partition coefficient (Wildman–Crippen LogP) is -0.657. The van der Waals surface area contributed by atoms with Gasteiger partial charge in [-0.05, 0) is 122 Å². The van der Waals surface area contributed by atoms with Gasteiger partial charge in [0.2, 0.25) is 31.9 Å². The third-order valence-corrected chi connectivity index (χ3v) is 19.7. The van der Waals surface area contributed by atoms with Crippen LogP contribution in [0.25, 0.3) is 0 Å². The number of carbonyl (C=O) groups is 15. The van der Waals surface area contributed by atoms with Crippen LogP contribution in [0.3, 0.4) is 0 Å². The van der Waals surface area contributed by atoms with Crippen LogP contribution < -0.4 is 36.0 Å². The molecule has 720 valence electrons. The Balaban J connectivity index is -0.000000347. The minimum absolute atomic E-state index is 0.00116. The number of rotatable bonds is 79. The van der Waals surface area contributed by atoms with Crippen molar-refractivity contribution in [1.29, 1.82) is 0 Å². The molecule has 10 N–H and O–H groups in total. The summed E-state index contributed by atoms with van der Waals surface area (Å²) < 4.78 is 132. The van der Waals surface area contributed by atoms with Crippen LogP contribution in [0.4, 0.5) is 0 Å². The SMILES string of the molecule is CCS(=O)(=O)CCC(C)=O.CNC(CCC(=O)CCCOCCOCC(=O)NCCOCCOCC(C)=O)C(=O)O.CNC(CCC(=O)CCCOCCOCC(C)=O)C(=O)O.CNC(CCC(C)=O)C(=O)O.CNS(=O)(=O)CCC(=O)CCCOCCOCC(=O)NCCOCCOCC(C)=O.CNS(=O)(=O)CCC(=O)CCCOCCOCC(C)=O. The van der Waals surface area contributed by atoms with Gasteiger partial charge in [-0.1, -0.05) is 6.92 Å². The van der Waals surface area contributed by atoms with Gasteiger partial charge in [-0.25, -0.2) is 34.7 Å². The Labute approximate surface area is 725 Å². The summed E-state index contributed by atoms with van der Waals surface area (Å²) in [6.07, 6.45) is 5.33. The lowest BCUT2D eigenvalue weighted by Gasteiger charge is -2.10. The molecular weight excluding hydrogens is 1700 g/mol. The molecule has 43 nitrogen and oxygen atoms in total. The zero-order valence-electron chi connectivity index (χ0n) is 74.0. The first-order valence-electron chi connectivity index (χ1n) is 40.3. The van der Waals surface area contributed by atoms with E-state index in [1.807, 2.05) is 0 Å². The second kappa shape index (κ2) is 87.3. The third-order valence-electron chi connectivity index (χ3n) is 15.3. The quantitative estimate of drug-likeness (QED) is 0.0338. The van der Waals surface area contributed by atoms with Crippen molar-refractivity contribution in [3.05, 3.63) is 0 Å². The lowest BCUT2D eigenvalue weighted by atomic mass is 10.1. The van der Waals surface area contributed by atoms with E-state index in [-0.39, 0.29) is 190 Å². The number of aliphatic carboxylic acids is 3. The molecule has 2 amide bonds. The number of hydrogen-bond donors (Lipinski definition) is 10. The molecule has 0 radical (unpaired) electrons. The standard InChI is InChI=1S/C20H36N2O9.C18H34N2O9S.C14H25NO6.C12H23NO6S.C7H13NO3.C6H12O3S/c1-16(23)14-30-12-11-29-9-7-22-19(25)15-31-13-10-28-8-3-4-17(24)5-6-18(21-2)20(26)27;1-16(21)14-28-11-10-27-8-6-20-18(23)15-29-12-9-26-7-3-4-17(22)5-13-30(24,25)19-2;1-11(16)10-21-9-8-20-7-3-4-12(17)5-6-13(15-2)14(18)19;1-11(14)10-19-8-7-18-6-3-4-12(15)5-9-20(16,17)13-2;1-5(9)3-4-6(8-2)7(10)11;1-3-10(8,9)5-4-6(2)7/h18,21H,3-15H2,1-2H3,(H,22,25)(H,26,27);19H,3-15H2,1-2H3,(H,20,23);13,15H,3-10H2,1-2H3,(H,18,19);13H,3-10H2,1-2H3;6,8H,3-4H2,1-2H3,(H,10,11);3-5H2,1-2H3. The number of carbonyl (C=O) groups excluding carboxylic acids is 12. The summed E-state index contributed by atoms with van der Waals surface area (Å²) in [5, 5.41) is 39.4. The Bertz CT molecular complexity index is 3260. The fraction of sp³-hybridized carbons (Fsp3) is 0.805. The average molecular weight is 1840 g/mol. The van der Waals surface area contributed by atoms with E-state index in [1.54, 1.807) is 28.1 Å². The predicted molar refractivity (Wildman–Crippen MR) is 450 cm³/mol. The van der Waals surface area contributed by atoms with Crippen LogP contribution in [0, 0.1) is 0 Å². The van der Waals surface area contributed by atoms with Gasteiger partial charge in [0.1, 0.15) is 102 Å². The van der Waals surface area contributed by atoms with E-state index < -0.39 is 65.9 Å². The van der Waals surface area contributed by atoms with Crippen molar-refractivity contribution in [3.8, 4) is 0 Å². The largest absolute Gasteiger partial charge is 0.480 e. The number of hydrogen-bond acceptors (Lipinski definition) is 36. The molecule has 0 aromatic rings.